The Hall–Kier alpha value is -1.22. The molecule has 1 aromatic carbocycles. The number of hydrogen-bond acceptors (Lipinski definition) is 3. The van der Waals surface area contributed by atoms with Crippen LogP contribution in [0, 0.1) is 5.92 Å². The monoisotopic (exact) mass is 278 g/mol. The molecular weight excluding hydrogens is 252 g/mol. The van der Waals surface area contributed by atoms with Crippen LogP contribution < -0.4 is 9.47 Å². The van der Waals surface area contributed by atoms with Crippen LogP contribution in [0.2, 0.25) is 0 Å². The molecule has 1 N–H and O–H groups in total. The SMILES string of the molecule is CCC1CCCC(O)(c2ccc(OC)cc2OC)CC1. The lowest BCUT2D eigenvalue weighted by molar-refractivity contribution is 0.0173. The Balaban J connectivity index is 2.28. The number of aliphatic hydroxyl groups is 1. The highest BCUT2D eigenvalue weighted by Gasteiger charge is 2.34. The molecule has 0 heterocycles. The molecule has 0 aromatic heterocycles. The van der Waals surface area contributed by atoms with Crippen LogP contribution >= 0.6 is 0 Å². The van der Waals surface area contributed by atoms with Crippen molar-refractivity contribution in [2.45, 2.75) is 51.0 Å². The van der Waals surface area contributed by atoms with E-state index in [9.17, 15) is 5.11 Å². The van der Waals surface area contributed by atoms with E-state index >= 15 is 0 Å². The summed E-state index contributed by atoms with van der Waals surface area (Å²) in [5.74, 6) is 2.23. The Labute approximate surface area is 121 Å². The highest BCUT2D eigenvalue weighted by atomic mass is 16.5. The van der Waals surface area contributed by atoms with Gasteiger partial charge < -0.3 is 14.6 Å². The molecule has 1 fully saturated rings. The Kier molecular flexibility index (Phi) is 4.92. The van der Waals surface area contributed by atoms with Gasteiger partial charge in [0, 0.05) is 11.6 Å². The van der Waals surface area contributed by atoms with Crippen molar-refractivity contribution < 1.29 is 14.6 Å². The van der Waals surface area contributed by atoms with Crippen molar-refractivity contribution in [3.05, 3.63) is 23.8 Å². The van der Waals surface area contributed by atoms with Gasteiger partial charge in [-0.1, -0.05) is 19.8 Å². The minimum Gasteiger partial charge on any atom is -0.497 e. The second-order valence-electron chi connectivity index (χ2n) is 5.80. The lowest BCUT2D eigenvalue weighted by Gasteiger charge is -2.29. The van der Waals surface area contributed by atoms with E-state index in [4.69, 9.17) is 9.47 Å². The summed E-state index contributed by atoms with van der Waals surface area (Å²) in [7, 11) is 3.29. The minimum atomic E-state index is -0.762. The molecule has 1 aliphatic rings. The molecule has 2 unspecified atom stereocenters. The molecule has 0 saturated heterocycles. The van der Waals surface area contributed by atoms with Gasteiger partial charge >= 0.3 is 0 Å². The molecule has 112 valence electrons. The van der Waals surface area contributed by atoms with Gasteiger partial charge in [-0.25, -0.2) is 0 Å². The maximum absolute atomic E-state index is 11.1. The zero-order chi connectivity index (χ0) is 14.6. The van der Waals surface area contributed by atoms with Gasteiger partial charge in [-0.05, 0) is 43.7 Å². The Bertz CT molecular complexity index is 444. The summed E-state index contributed by atoms with van der Waals surface area (Å²) in [6, 6.07) is 5.71. The van der Waals surface area contributed by atoms with E-state index < -0.39 is 5.60 Å². The van der Waals surface area contributed by atoms with Crippen molar-refractivity contribution in [3.63, 3.8) is 0 Å². The van der Waals surface area contributed by atoms with Gasteiger partial charge in [0.2, 0.25) is 0 Å². The second-order valence-corrected chi connectivity index (χ2v) is 5.80. The van der Waals surface area contributed by atoms with Gasteiger partial charge in [0.1, 0.15) is 11.5 Å². The molecule has 2 rings (SSSR count). The van der Waals surface area contributed by atoms with Crippen LogP contribution in [0.15, 0.2) is 18.2 Å². The summed E-state index contributed by atoms with van der Waals surface area (Å²) in [4.78, 5) is 0. The van der Waals surface area contributed by atoms with Crippen LogP contribution in [0.5, 0.6) is 11.5 Å². The third kappa shape index (κ3) is 3.09. The molecule has 0 radical (unpaired) electrons. The largest absolute Gasteiger partial charge is 0.497 e. The van der Waals surface area contributed by atoms with Gasteiger partial charge in [-0.3, -0.25) is 0 Å². The molecule has 0 aliphatic heterocycles. The molecule has 0 spiro atoms. The quantitative estimate of drug-likeness (QED) is 0.849. The van der Waals surface area contributed by atoms with Crippen molar-refractivity contribution in [1.29, 1.82) is 0 Å². The maximum atomic E-state index is 11.1. The van der Waals surface area contributed by atoms with Gasteiger partial charge in [0.25, 0.3) is 0 Å². The van der Waals surface area contributed by atoms with Crippen LogP contribution in [0.1, 0.15) is 51.0 Å². The first-order valence-corrected chi connectivity index (χ1v) is 7.58. The summed E-state index contributed by atoms with van der Waals surface area (Å²) < 4.78 is 10.7. The van der Waals surface area contributed by atoms with Crippen molar-refractivity contribution in [1.82, 2.24) is 0 Å². The Morgan fingerprint density at radius 2 is 2.00 bits per heavy atom. The highest BCUT2D eigenvalue weighted by molar-refractivity contribution is 5.44. The van der Waals surface area contributed by atoms with Crippen LogP contribution in [0.25, 0.3) is 0 Å². The summed E-state index contributed by atoms with van der Waals surface area (Å²) >= 11 is 0. The van der Waals surface area contributed by atoms with Gasteiger partial charge in [-0.2, -0.15) is 0 Å². The molecule has 2 atom stereocenters. The van der Waals surface area contributed by atoms with Crippen molar-refractivity contribution >= 4 is 0 Å². The first-order valence-electron chi connectivity index (χ1n) is 7.58. The predicted octanol–water partition coefficient (Wildman–Crippen LogP) is 3.88. The zero-order valence-corrected chi connectivity index (χ0v) is 12.8. The summed E-state index contributed by atoms with van der Waals surface area (Å²) in [6.07, 6.45) is 6.21. The third-order valence-electron chi connectivity index (χ3n) is 4.66. The predicted molar refractivity (Wildman–Crippen MR) is 80.3 cm³/mol. The first kappa shape index (κ1) is 15.2. The molecule has 0 amide bonds. The van der Waals surface area contributed by atoms with Gasteiger partial charge in [0.05, 0.1) is 19.8 Å². The standard InChI is InChI=1S/C17H26O3/c1-4-13-6-5-10-17(18,11-9-13)15-8-7-14(19-2)12-16(15)20-3/h7-8,12-13,18H,4-6,9-11H2,1-3H3. The second kappa shape index (κ2) is 6.49. The van der Waals surface area contributed by atoms with Gasteiger partial charge in [0.15, 0.2) is 0 Å². The van der Waals surface area contributed by atoms with Crippen molar-refractivity contribution in [2.24, 2.45) is 5.92 Å². The molecule has 0 bridgehead atoms. The van der Waals surface area contributed by atoms with Crippen molar-refractivity contribution in [2.75, 3.05) is 14.2 Å². The Morgan fingerprint density at radius 1 is 1.20 bits per heavy atom. The van der Waals surface area contributed by atoms with Crippen LogP contribution in [-0.2, 0) is 5.60 Å². The molecule has 1 aliphatic carbocycles. The van der Waals surface area contributed by atoms with Crippen LogP contribution in [0.4, 0.5) is 0 Å². The summed E-state index contributed by atoms with van der Waals surface area (Å²) in [6.45, 7) is 2.24. The van der Waals surface area contributed by atoms with Crippen LogP contribution in [-0.4, -0.2) is 19.3 Å². The maximum Gasteiger partial charge on any atom is 0.128 e. The normalized spacial score (nSPS) is 26.9. The van der Waals surface area contributed by atoms with E-state index in [0.29, 0.717) is 0 Å². The number of hydrogen-bond donors (Lipinski definition) is 1. The van der Waals surface area contributed by atoms with Crippen LogP contribution in [0.3, 0.4) is 0 Å². The summed E-state index contributed by atoms with van der Waals surface area (Å²) in [5.41, 5.74) is 0.138. The fourth-order valence-corrected chi connectivity index (χ4v) is 3.26. The van der Waals surface area contributed by atoms with E-state index in [-0.39, 0.29) is 0 Å². The zero-order valence-electron chi connectivity index (χ0n) is 12.8. The fourth-order valence-electron chi connectivity index (χ4n) is 3.26. The topological polar surface area (TPSA) is 38.7 Å². The number of rotatable bonds is 4. The first-order chi connectivity index (χ1) is 9.62. The molecule has 3 nitrogen and oxygen atoms in total. The molecule has 20 heavy (non-hydrogen) atoms. The van der Waals surface area contributed by atoms with E-state index in [0.717, 1.165) is 48.7 Å². The fraction of sp³-hybridized carbons (Fsp3) is 0.647. The lowest BCUT2D eigenvalue weighted by Crippen LogP contribution is -2.25. The van der Waals surface area contributed by atoms with E-state index in [1.54, 1.807) is 14.2 Å². The van der Waals surface area contributed by atoms with Crippen molar-refractivity contribution in [3.8, 4) is 11.5 Å². The Morgan fingerprint density at radius 3 is 2.65 bits per heavy atom. The average molecular weight is 278 g/mol. The van der Waals surface area contributed by atoms with Gasteiger partial charge in [-0.15, -0.1) is 0 Å². The molecule has 1 aromatic rings. The molecule has 1 saturated carbocycles. The van der Waals surface area contributed by atoms with E-state index in [1.165, 1.54) is 12.8 Å². The lowest BCUT2D eigenvalue weighted by atomic mass is 9.85. The molecular formula is C17H26O3. The van der Waals surface area contributed by atoms with E-state index in [1.807, 2.05) is 18.2 Å². The number of benzene rings is 1. The molecule has 3 heteroatoms. The van der Waals surface area contributed by atoms with E-state index in [2.05, 4.69) is 6.92 Å². The minimum absolute atomic E-state index is 0.724. The average Bonchev–Trinajstić information content (AvgIpc) is 2.69. The third-order valence-corrected chi connectivity index (χ3v) is 4.66. The smallest absolute Gasteiger partial charge is 0.128 e. The highest BCUT2D eigenvalue weighted by Crippen LogP contribution is 2.43. The summed E-state index contributed by atoms with van der Waals surface area (Å²) in [5, 5.41) is 11.1. The number of methoxy groups -OCH3 is 2. The number of ether oxygens (including phenoxy) is 2.